The standard InChI is InChI=1S/C32H45N7O3/c1-8-28-11-10-25(26-18-34-37(6)20-26)16-22(3)39(28,7)30(9-2)23(4)32(41)36-29-17-27(19-33-24(29)5)35-31(40)21-38-12-14-42-15-13-38/h10-11,16-20,22,28H,8-9,12-15,21H2,1-7H3,(H-,35,36,40,41)/p+1/b30-23+. The van der Waals surface area contributed by atoms with Crippen molar-refractivity contribution in [1.29, 1.82) is 0 Å². The Morgan fingerprint density at radius 3 is 2.55 bits per heavy atom. The van der Waals surface area contributed by atoms with E-state index >= 15 is 0 Å². The normalized spacial score (nSPS) is 23.5. The molecule has 226 valence electrons. The van der Waals surface area contributed by atoms with Crippen LogP contribution in [-0.2, 0) is 21.4 Å². The zero-order chi connectivity index (χ0) is 30.4. The summed E-state index contributed by atoms with van der Waals surface area (Å²) >= 11 is 0. The number of carbonyl (C=O) groups excluding carboxylic acids is 2. The number of aryl methyl sites for hydroxylation is 2. The second kappa shape index (κ2) is 13.6. The van der Waals surface area contributed by atoms with E-state index in [1.165, 1.54) is 0 Å². The molecule has 2 aromatic heterocycles. The first-order chi connectivity index (χ1) is 20.1. The molecule has 4 heterocycles. The van der Waals surface area contributed by atoms with Crippen molar-refractivity contribution >= 4 is 28.8 Å². The molecule has 42 heavy (non-hydrogen) atoms. The molecular formula is C32H46N7O3+. The molecule has 1 fully saturated rings. The van der Waals surface area contributed by atoms with Crippen LogP contribution in [0.5, 0.6) is 0 Å². The third-order valence-electron chi connectivity index (χ3n) is 8.69. The van der Waals surface area contributed by atoms with Crippen molar-refractivity contribution < 1.29 is 18.8 Å². The molecule has 2 aromatic rings. The molecule has 2 N–H and O–H groups in total. The lowest BCUT2D eigenvalue weighted by atomic mass is 10.00. The Morgan fingerprint density at radius 1 is 1.17 bits per heavy atom. The number of allylic oxidation sites excluding steroid dienone is 3. The second-order valence-corrected chi connectivity index (χ2v) is 11.4. The van der Waals surface area contributed by atoms with E-state index in [1.54, 1.807) is 12.3 Å². The van der Waals surface area contributed by atoms with Gasteiger partial charge >= 0.3 is 0 Å². The van der Waals surface area contributed by atoms with Crippen LogP contribution in [0.3, 0.4) is 0 Å². The molecule has 0 saturated carbocycles. The molecule has 3 unspecified atom stereocenters. The predicted octanol–water partition coefficient (Wildman–Crippen LogP) is 4.28. The minimum Gasteiger partial charge on any atom is -0.379 e. The highest BCUT2D eigenvalue weighted by atomic mass is 16.5. The van der Waals surface area contributed by atoms with Crippen LogP contribution in [0.1, 0.15) is 51.8 Å². The van der Waals surface area contributed by atoms with E-state index in [1.807, 2.05) is 38.0 Å². The zero-order valence-corrected chi connectivity index (χ0v) is 26.1. The van der Waals surface area contributed by atoms with Gasteiger partial charge in [0.15, 0.2) is 0 Å². The maximum atomic E-state index is 13.8. The SMILES string of the molecule is CC/C(=C(/C)C(=O)Nc1cc(NC(=O)CN2CCOCC2)cnc1C)[N+]1(C)C(C)C=C(c2cnn(C)c2)C=CC1CC. The Bertz CT molecular complexity index is 1390. The lowest BCUT2D eigenvalue weighted by Crippen LogP contribution is -2.55. The smallest absolute Gasteiger partial charge is 0.256 e. The molecule has 2 aliphatic heterocycles. The summed E-state index contributed by atoms with van der Waals surface area (Å²) in [5, 5.41) is 10.4. The summed E-state index contributed by atoms with van der Waals surface area (Å²) in [5.74, 6) is -0.284. The topological polar surface area (TPSA) is 101 Å². The number of rotatable bonds is 9. The highest BCUT2D eigenvalue weighted by Gasteiger charge is 2.41. The van der Waals surface area contributed by atoms with Gasteiger partial charge in [-0.1, -0.05) is 19.9 Å². The van der Waals surface area contributed by atoms with Crippen LogP contribution in [0.2, 0.25) is 0 Å². The third kappa shape index (κ3) is 6.88. The van der Waals surface area contributed by atoms with E-state index in [0.717, 1.165) is 42.8 Å². The fraction of sp³-hybridized carbons (Fsp3) is 0.500. The minimum atomic E-state index is -0.167. The number of aromatic nitrogens is 3. The van der Waals surface area contributed by atoms with Crippen molar-refractivity contribution in [3.63, 3.8) is 0 Å². The fourth-order valence-corrected chi connectivity index (χ4v) is 6.10. The van der Waals surface area contributed by atoms with E-state index < -0.39 is 0 Å². The van der Waals surface area contributed by atoms with Gasteiger partial charge < -0.3 is 15.4 Å². The highest BCUT2D eigenvalue weighted by molar-refractivity contribution is 6.04. The van der Waals surface area contributed by atoms with Gasteiger partial charge in [0.2, 0.25) is 5.91 Å². The number of amides is 2. The average molecular weight is 577 g/mol. The number of nitrogens with zero attached hydrogens (tertiary/aromatic N) is 5. The summed E-state index contributed by atoms with van der Waals surface area (Å²) in [7, 11) is 4.16. The quantitative estimate of drug-likeness (QED) is 0.341. The van der Waals surface area contributed by atoms with Crippen LogP contribution in [0.4, 0.5) is 11.4 Å². The number of anilines is 2. The van der Waals surface area contributed by atoms with Crippen LogP contribution in [0, 0.1) is 6.92 Å². The summed E-state index contributed by atoms with van der Waals surface area (Å²) < 4.78 is 7.80. The molecule has 10 heteroatoms. The highest BCUT2D eigenvalue weighted by Crippen LogP contribution is 2.36. The number of nitrogens with one attached hydrogen (secondary N) is 2. The van der Waals surface area contributed by atoms with E-state index in [9.17, 15) is 9.59 Å². The van der Waals surface area contributed by atoms with Gasteiger partial charge in [-0.05, 0) is 44.6 Å². The second-order valence-electron chi connectivity index (χ2n) is 11.4. The molecule has 0 aromatic carbocycles. The first-order valence-corrected chi connectivity index (χ1v) is 14.9. The minimum absolute atomic E-state index is 0.117. The van der Waals surface area contributed by atoms with Gasteiger partial charge in [-0.3, -0.25) is 28.6 Å². The lowest BCUT2D eigenvalue weighted by Gasteiger charge is -2.45. The largest absolute Gasteiger partial charge is 0.379 e. The summed E-state index contributed by atoms with van der Waals surface area (Å²) in [6, 6.07) is 2.09. The zero-order valence-electron chi connectivity index (χ0n) is 26.1. The van der Waals surface area contributed by atoms with Gasteiger partial charge in [0, 0.05) is 44.7 Å². The van der Waals surface area contributed by atoms with E-state index in [2.05, 4.69) is 71.7 Å². The van der Waals surface area contributed by atoms with Gasteiger partial charge in [0.1, 0.15) is 17.8 Å². The van der Waals surface area contributed by atoms with Crippen LogP contribution in [0.15, 0.2) is 54.2 Å². The Labute approximate surface area is 249 Å². The first kappa shape index (κ1) is 31.3. The Kier molecular flexibility index (Phi) is 10.1. The fourth-order valence-electron chi connectivity index (χ4n) is 6.10. The van der Waals surface area contributed by atoms with Crippen molar-refractivity contribution in [3.8, 4) is 0 Å². The molecule has 0 aliphatic carbocycles. The van der Waals surface area contributed by atoms with Crippen molar-refractivity contribution in [2.75, 3.05) is 50.5 Å². The molecular weight excluding hydrogens is 530 g/mol. The van der Waals surface area contributed by atoms with Crippen molar-refractivity contribution in [2.45, 2.75) is 59.5 Å². The number of morpholine rings is 1. The maximum Gasteiger partial charge on any atom is 0.256 e. The van der Waals surface area contributed by atoms with E-state index in [0.29, 0.717) is 46.9 Å². The molecule has 2 amide bonds. The van der Waals surface area contributed by atoms with Crippen LogP contribution in [-0.4, -0.2) is 87.9 Å². The number of carbonyl (C=O) groups is 2. The predicted molar refractivity (Wildman–Crippen MR) is 167 cm³/mol. The molecule has 0 bridgehead atoms. The number of hydrogen-bond acceptors (Lipinski definition) is 6. The van der Waals surface area contributed by atoms with E-state index in [-0.39, 0.29) is 23.9 Å². The number of ether oxygens (including phenoxy) is 1. The summed E-state index contributed by atoms with van der Waals surface area (Å²) in [6.45, 7) is 13.3. The van der Waals surface area contributed by atoms with Gasteiger partial charge in [-0.25, -0.2) is 0 Å². The molecule has 3 atom stereocenters. The van der Waals surface area contributed by atoms with Gasteiger partial charge in [0.25, 0.3) is 5.91 Å². The monoisotopic (exact) mass is 576 g/mol. The van der Waals surface area contributed by atoms with E-state index in [4.69, 9.17) is 4.74 Å². The summed E-state index contributed by atoms with van der Waals surface area (Å²) in [6.07, 6.45) is 14.0. The summed E-state index contributed by atoms with van der Waals surface area (Å²) in [5.41, 5.74) is 5.82. The molecule has 1 saturated heterocycles. The maximum absolute atomic E-state index is 13.8. The van der Waals surface area contributed by atoms with Crippen LogP contribution >= 0.6 is 0 Å². The Hall–Kier alpha value is -3.60. The number of pyridine rings is 1. The van der Waals surface area contributed by atoms with Crippen LogP contribution < -0.4 is 10.6 Å². The van der Waals surface area contributed by atoms with Gasteiger partial charge in [-0.15, -0.1) is 0 Å². The molecule has 0 spiro atoms. The Morgan fingerprint density at radius 2 is 1.90 bits per heavy atom. The molecule has 4 rings (SSSR count). The lowest BCUT2D eigenvalue weighted by molar-refractivity contribution is -0.908. The van der Waals surface area contributed by atoms with Crippen molar-refractivity contribution in [2.24, 2.45) is 7.05 Å². The Balaban J connectivity index is 1.57. The molecule has 2 aliphatic rings. The number of hydrogen-bond donors (Lipinski definition) is 2. The van der Waals surface area contributed by atoms with Gasteiger partial charge in [0.05, 0.1) is 61.8 Å². The first-order valence-electron chi connectivity index (χ1n) is 14.9. The van der Waals surface area contributed by atoms with Crippen molar-refractivity contribution in [3.05, 3.63) is 65.4 Å². The number of quaternary nitrogens is 1. The number of likely N-dealkylation sites (N-methyl/N-ethyl adjacent to an activating group) is 1. The average Bonchev–Trinajstić information content (AvgIpc) is 3.35. The third-order valence-corrected chi connectivity index (χ3v) is 8.69. The molecule has 0 radical (unpaired) electrons. The van der Waals surface area contributed by atoms with Crippen molar-refractivity contribution in [1.82, 2.24) is 19.7 Å². The summed E-state index contributed by atoms with van der Waals surface area (Å²) in [4.78, 5) is 32.9. The van der Waals surface area contributed by atoms with Gasteiger partial charge in [-0.2, -0.15) is 5.10 Å². The van der Waals surface area contributed by atoms with Crippen LogP contribution in [0.25, 0.3) is 5.57 Å². The molecule has 10 nitrogen and oxygen atoms in total.